The van der Waals surface area contributed by atoms with Crippen LogP contribution in [0.25, 0.3) is 0 Å². The van der Waals surface area contributed by atoms with E-state index in [0.29, 0.717) is 5.71 Å². The molecule has 1 aromatic carbocycles. The predicted molar refractivity (Wildman–Crippen MR) is 64.2 cm³/mol. The Morgan fingerprint density at radius 2 is 2.12 bits per heavy atom. The third kappa shape index (κ3) is 3.08. The SMILES string of the molecule is C/C=[N+](\[O-])CC(C)/C(=N\O)c1ccccc1. The van der Waals surface area contributed by atoms with Gasteiger partial charge >= 0.3 is 0 Å². The first kappa shape index (κ1) is 12.2. The maximum Gasteiger partial charge on any atom is 0.161 e. The maximum atomic E-state index is 11.2. The lowest BCUT2D eigenvalue weighted by Crippen LogP contribution is -2.22. The van der Waals surface area contributed by atoms with E-state index in [0.717, 1.165) is 10.3 Å². The summed E-state index contributed by atoms with van der Waals surface area (Å²) in [6.45, 7) is 3.82. The van der Waals surface area contributed by atoms with Crippen LogP contribution in [-0.2, 0) is 0 Å². The molecule has 0 amide bonds. The standard InChI is InChI=1S/C12H16N2O2/c1-3-14(16)9-10(2)12(13-15)11-7-5-4-6-8-11/h3-8,10,15H,9H2,1-2H3/b13-12+,14-3-. The Balaban J connectivity index is 2.85. The van der Waals surface area contributed by atoms with Gasteiger partial charge in [-0.05, 0) is 5.56 Å². The van der Waals surface area contributed by atoms with E-state index < -0.39 is 0 Å². The number of hydrogen-bond donors (Lipinski definition) is 1. The quantitative estimate of drug-likeness (QED) is 0.278. The van der Waals surface area contributed by atoms with E-state index in [-0.39, 0.29) is 12.5 Å². The van der Waals surface area contributed by atoms with E-state index in [1.165, 1.54) is 6.21 Å². The minimum atomic E-state index is -0.124. The molecule has 0 aliphatic rings. The minimum absolute atomic E-state index is 0.124. The van der Waals surface area contributed by atoms with Gasteiger partial charge in [0.15, 0.2) is 6.54 Å². The lowest BCUT2D eigenvalue weighted by atomic mass is 9.98. The monoisotopic (exact) mass is 220 g/mol. The zero-order chi connectivity index (χ0) is 12.0. The second-order valence-corrected chi connectivity index (χ2v) is 3.61. The van der Waals surface area contributed by atoms with Gasteiger partial charge in [-0.3, -0.25) is 0 Å². The second kappa shape index (κ2) is 5.90. The summed E-state index contributed by atoms with van der Waals surface area (Å²) >= 11 is 0. The average molecular weight is 220 g/mol. The molecule has 0 aromatic heterocycles. The highest BCUT2D eigenvalue weighted by Crippen LogP contribution is 2.10. The molecular weight excluding hydrogens is 204 g/mol. The molecule has 0 radical (unpaired) electrons. The zero-order valence-corrected chi connectivity index (χ0v) is 9.50. The molecule has 1 aromatic rings. The molecule has 0 saturated carbocycles. The van der Waals surface area contributed by atoms with Crippen molar-refractivity contribution in [2.75, 3.05) is 6.54 Å². The van der Waals surface area contributed by atoms with Crippen LogP contribution in [0.3, 0.4) is 0 Å². The van der Waals surface area contributed by atoms with Crippen molar-refractivity contribution in [1.82, 2.24) is 0 Å². The maximum absolute atomic E-state index is 11.2. The van der Waals surface area contributed by atoms with E-state index in [4.69, 9.17) is 5.21 Å². The Kier molecular flexibility index (Phi) is 4.51. The Morgan fingerprint density at radius 1 is 1.50 bits per heavy atom. The highest BCUT2D eigenvalue weighted by molar-refractivity contribution is 6.01. The largest absolute Gasteiger partial charge is 0.624 e. The molecule has 4 heteroatoms. The van der Waals surface area contributed by atoms with Crippen LogP contribution in [0.2, 0.25) is 0 Å². The molecule has 16 heavy (non-hydrogen) atoms. The summed E-state index contributed by atoms with van der Waals surface area (Å²) in [7, 11) is 0. The zero-order valence-electron chi connectivity index (χ0n) is 9.50. The molecule has 0 bridgehead atoms. The third-order valence-corrected chi connectivity index (χ3v) is 2.39. The van der Waals surface area contributed by atoms with Crippen molar-refractivity contribution in [3.8, 4) is 0 Å². The molecule has 86 valence electrons. The van der Waals surface area contributed by atoms with Crippen molar-refractivity contribution >= 4 is 11.9 Å². The first-order valence-electron chi connectivity index (χ1n) is 5.19. The van der Waals surface area contributed by atoms with Gasteiger partial charge in [0.25, 0.3) is 0 Å². The van der Waals surface area contributed by atoms with Crippen molar-refractivity contribution in [1.29, 1.82) is 0 Å². The molecule has 0 aliphatic heterocycles. The summed E-state index contributed by atoms with van der Waals surface area (Å²) in [6, 6.07) is 9.35. The first-order chi connectivity index (χ1) is 7.69. The van der Waals surface area contributed by atoms with Crippen molar-refractivity contribution in [3.05, 3.63) is 41.1 Å². The summed E-state index contributed by atoms with van der Waals surface area (Å²) in [5, 5.41) is 23.5. The summed E-state index contributed by atoms with van der Waals surface area (Å²) in [5.74, 6) is -0.124. The summed E-state index contributed by atoms with van der Waals surface area (Å²) in [6.07, 6.45) is 1.45. The van der Waals surface area contributed by atoms with E-state index in [9.17, 15) is 5.21 Å². The second-order valence-electron chi connectivity index (χ2n) is 3.61. The van der Waals surface area contributed by atoms with Crippen LogP contribution in [0.15, 0.2) is 35.5 Å². The van der Waals surface area contributed by atoms with Gasteiger partial charge in [-0.25, -0.2) is 4.74 Å². The van der Waals surface area contributed by atoms with E-state index in [2.05, 4.69) is 5.16 Å². The Hall–Kier alpha value is -1.84. The van der Waals surface area contributed by atoms with Crippen LogP contribution in [0.4, 0.5) is 0 Å². The fraction of sp³-hybridized carbons (Fsp3) is 0.333. The Bertz CT molecular complexity index is 385. The lowest BCUT2D eigenvalue weighted by Gasteiger charge is -2.12. The van der Waals surface area contributed by atoms with Gasteiger partial charge in [-0.15, -0.1) is 0 Å². The summed E-state index contributed by atoms with van der Waals surface area (Å²) in [4.78, 5) is 0. The molecule has 0 saturated heterocycles. The number of benzene rings is 1. The first-order valence-corrected chi connectivity index (χ1v) is 5.19. The smallest absolute Gasteiger partial charge is 0.161 e. The molecule has 0 heterocycles. The number of hydrogen-bond acceptors (Lipinski definition) is 3. The molecule has 1 unspecified atom stereocenters. The molecule has 0 fully saturated rings. The number of hydroxylamine groups is 1. The van der Waals surface area contributed by atoms with Crippen molar-refractivity contribution in [3.63, 3.8) is 0 Å². The molecule has 4 nitrogen and oxygen atoms in total. The number of nitrogens with zero attached hydrogens (tertiary/aromatic N) is 2. The number of rotatable bonds is 4. The average Bonchev–Trinajstić information content (AvgIpc) is 2.31. The van der Waals surface area contributed by atoms with Gasteiger partial charge in [0.05, 0.1) is 11.6 Å². The van der Waals surface area contributed by atoms with Crippen LogP contribution >= 0.6 is 0 Å². The predicted octanol–water partition coefficient (Wildman–Crippen LogP) is 2.10. The van der Waals surface area contributed by atoms with Gasteiger partial charge in [-0.2, -0.15) is 0 Å². The number of oxime groups is 1. The Morgan fingerprint density at radius 3 is 2.62 bits per heavy atom. The fourth-order valence-electron chi connectivity index (χ4n) is 1.51. The van der Waals surface area contributed by atoms with E-state index in [1.54, 1.807) is 6.92 Å². The fourth-order valence-corrected chi connectivity index (χ4v) is 1.51. The summed E-state index contributed by atoms with van der Waals surface area (Å²) in [5.41, 5.74) is 1.37. The van der Waals surface area contributed by atoms with Crippen molar-refractivity contribution in [2.24, 2.45) is 11.1 Å². The van der Waals surface area contributed by atoms with Crippen LogP contribution in [0.5, 0.6) is 0 Å². The molecule has 0 aliphatic carbocycles. The molecule has 1 atom stereocenters. The third-order valence-electron chi connectivity index (χ3n) is 2.39. The van der Waals surface area contributed by atoms with Crippen LogP contribution in [0.1, 0.15) is 19.4 Å². The van der Waals surface area contributed by atoms with Crippen LogP contribution in [0, 0.1) is 11.1 Å². The Labute approximate surface area is 95.1 Å². The minimum Gasteiger partial charge on any atom is -0.624 e. The molecule has 0 spiro atoms. The van der Waals surface area contributed by atoms with Gasteiger partial charge in [0.1, 0.15) is 6.21 Å². The molecule has 1 rings (SSSR count). The highest BCUT2D eigenvalue weighted by atomic mass is 16.5. The van der Waals surface area contributed by atoms with Crippen molar-refractivity contribution in [2.45, 2.75) is 13.8 Å². The van der Waals surface area contributed by atoms with E-state index in [1.807, 2.05) is 37.3 Å². The molecular formula is C12H16N2O2. The van der Waals surface area contributed by atoms with Gasteiger partial charge in [-0.1, -0.05) is 42.4 Å². The molecule has 1 N–H and O–H groups in total. The summed E-state index contributed by atoms with van der Waals surface area (Å²) < 4.78 is 0.832. The highest BCUT2D eigenvalue weighted by Gasteiger charge is 2.16. The lowest BCUT2D eigenvalue weighted by molar-refractivity contribution is -0.457. The van der Waals surface area contributed by atoms with Crippen LogP contribution < -0.4 is 0 Å². The topological polar surface area (TPSA) is 58.7 Å². The van der Waals surface area contributed by atoms with E-state index >= 15 is 0 Å². The van der Waals surface area contributed by atoms with Crippen LogP contribution in [-0.4, -0.2) is 28.4 Å². The normalized spacial score (nSPS) is 14.9. The van der Waals surface area contributed by atoms with Gasteiger partial charge in [0, 0.05) is 6.92 Å². The van der Waals surface area contributed by atoms with Gasteiger partial charge < -0.3 is 10.4 Å². The van der Waals surface area contributed by atoms with Crippen molar-refractivity contribution < 1.29 is 9.95 Å². The van der Waals surface area contributed by atoms with Gasteiger partial charge in [0.2, 0.25) is 0 Å².